The molecule has 0 bridgehead atoms. The highest BCUT2D eigenvalue weighted by molar-refractivity contribution is 7.92. The molecule has 3 aromatic carbocycles. The Bertz CT molecular complexity index is 1370. The van der Waals surface area contributed by atoms with Gasteiger partial charge in [-0.2, -0.15) is 0 Å². The average Bonchev–Trinajstić information content (AvgIpc) is 2.86. The lowest BCUT2D eigenvalue weighted by Crippen LogP contribution is -2.54. The first-order chi connectivity index (χ1) is 17.8. The fraction of sp³-hybridized carbons (Fsp3) is 0.310. The second-order valence-electron chi connectivity index (χ2n) is 10.2. The van der Waals surface area contributed by atoms with Gasteiger partial charge in [0.2, 0.25) is 11.8 Å². The summed E-state index contributed by atoms with van der Waals surface area (Å²) in [7, 11) is -4.19. The molecule has 3 aromatic rings. The maximum absolute atomic E-state index is 13.9. The minimum atomic E-state index is -4.19. The van der Waals surface area contributed by atoms with E-state index in [-0.39, 0.29) is 23.0 Å². The zero-order chi connectivity index (χ0) is 28.1. The number of carbonyl (C=O) groups excluding carboxylic acids is 2. The highest BCUT2D eigenvalue weighted by Gasteiger charge is 2.33. The Morgan fingerprint density at radius 2 is 1.50 bits per heavy atom. The quantitative estimate of drug-likeness (QED) is 0.429. The van der Waals surface area contributed by atoms with E-state index in [9.17, 15) is 22.4 Å². The second kappa shape index (κ2) is 11.8. The van der Waals surface area contributed by atoms with Crippen LogP contribution in [0, 0.1) is 12.7 Å². The molecule has 0 aromatic heterocycles. The number of benzene rings is 3. The first-order valence-electron chi connectivity index (χ1n) is 12.3. The Kier molecular flexibility index (Phi) is 8.93. The van der Waals surface area contributed by atoms with Crippen molar-refractivity contribution < 1.29 is 22.4 Å². The van der Waals surface area contributed by atoms with E-state index in [1.54, 1.807) is 25.1 Å². The first-order valence-corrected chi connectivity index (χ1v) is 13.7. The van der Waals surface area contributed by atoms with E-state index < -0.39 is 39.9 Å². The molecule has 1 N–H and O–H groups in total. The Labute approximate surface area is 224 Å². The van der Waals surface area contributed by atoms with Crippen LogP contribution in [0.2, 0.25) is 0 Å². The van der Waals surface area contributed by atoms with E-state index in [2.05, 4.69) is 5.32 Å². The average molecular weight is 540 g/mol. The van der Waals surface area contributed by atoms with Gasteiger partial charge in [0, 0.05) is 12.1 Å². The maximum Gasteiger partial charge on any atom is 0.264 e. The van der Waals surface area contributed by atoms with Crippen molar-refractivity contribution in [3.05, 3.63) is 95.8 Å². The van der Waals surface area contributed by atoms with Crippen LogP contribution in [-0.2, 0) is 26.2 Å². The van der Waals surface area contributed by atoms with Crippen molar-refractivity contribution in [2.75, 3.05) is 10.8 Å². The monoisotopic (exact) mass is 539 g/mol. The summed E-state index contributed by atoms with van der Waals surface area (Å²) in [6, 6.07) is 19.2. The molecule has 0 spiro atoms. The summed E-state index contributed by atoms with van der Waals surface area (Å²) in [6.45, 7) is 8.57. The van der Waals surface area contributed by atoms with Gasteiger partial charge < -0.3 is 10.2 Å². The van der Waals surface area contributed by atoms with Crippen LogP contribution in [0.4, 0.5) is 10.1 Å². The van der Waals surface area contributed by atoms with Crippen LogP contribution in [0.1, 0.15) is 38.8 Å². The van der Waals surface area contributed by atoms with E-state index in [4.69, 9.17) is 0 Å². The van der Waals surface area contributed by atoms with Gasteiger partial charge >= 0.3 is 0 Å². The summed E-state index contributed by atoms with van der Waals surface area (Å²) >= 11 is 0. The minimum absolute atomic E-state index is 0.0129. The molecular formula is C29H34FN3O4S. The summed E-state index contributed by atoms with van der Waals surface area (Å²) in [6.07, 6.45) is 0. The van der Waals surface area contributed by atoms with Gasteiger partial charge in [-0.15, -0.1) is 0 Å². The van der Waals surface area contributed by atoms with Crippen LogP contribution < -0.4 is 9.62 Å². The zero-order valence-corrected chi connectivity index (χ0v) is 23.1. The van der Waals surface area contributed by atoms with Gasteiger partial charge in [0.25, 0.3) is 10.0 Å². The van der Waals surface area contributed by atoms with Gasteiger partial charge in [-0.1, -0.05) is 42.5 Å². The molecule has 0 heterocycles. The molecule has 0 fully saturated rings. The molecule has 1 atom stereocenters. The van der Waals surface area contributed by atoms with E-state index in [1.165, 1.54) is 29.2 Å². The van der Waals surface area contributed by atoms with Crippen molar-refractivity contribution in [3.63, 3.8) is 0 Å². The predicted molar refractivity (Wildman–Crippen MR) is 146 cm³/mol. The number of amides is 2. The summed E-state index contributed by atoms with van der Waals surface area (Å²) in [5, 5.41) is 2.90. The highest BCUT2D eigenvalue weighted by Crippen LogP contribution is 2.25. The Hall–Kier alpha value is -3.72. The third-order valence-corrected chi connectivity index (χ3v) is 7.78. The first kappa shape index (κ1) is 28.8. The number of halogens is 1. The Morgan fingerprint density at radius 1 is 0.921 bits per heavy atom. The summed E-state index contributed by atoms with van der Waals surface area (Å²) in [5.41, 5.74) is 1.36. The molecule has 0 radical (unpaired) electrons. The van der Waals surface area contributed by atoms with Gasteiger partial charge in [0.15, 0.2) is 0 Å². The van der Waals surface area contributed by atoms with Gasteiger partial charge in [0.05, 0.1) is 10.6 Å². The van der Waals surface area contributed by atoms with Crippen molar-refractivity contribution in [3.8, 4) is 0 Å². The molecule has 0 unspecified atom stereocenters. The summed E-state index contributed by atoms with van der Waals surface area (Å²) in [5.74, 6) is -1.47. The van der Waals surface area contributed by atoms with E-state index in [0.29, 0.717) is 0 Å². The lowest BCUT2D eigenvalue weighted by atomic mass is 10.1. The van der Waals surface area contributed by atoms with E-state index in [0.717, 1.165) is 27.6 Å². The third-order valence-electron chi connectivity index (χ3n) is 5.99. The zero-order valence-electron chi connectivity index (χ0n) is 22.3. The number of anilines is 1. The van der Waals surface area contributed by atoms with Crippen LogP contribution in [0.5, 0.6) is 0 Å². The number of nitrogens with one attached hydrogen (secondary N) is 1. The molecule has 0 aliphatic carbocycles. The fourth-order valence-corrected chi connectivity index (χ4v) is 5.32. The number of hydrogen-bond acceptors (Lipinski definition) is 4. The van der Waals surface area contributed by atoms with Gasteiger partial charge in [0.1, 0.15) is 18.4 Å². The molecule has 202 valence electrons. The van der Waals surface area contributed by atoms with Gasteiger partial charge in [-0.25, -0.2) is 12.8 Å². The molecule has 0 saturated heterocycles. The van der Waals surface area contributed by atoms with Crippen molar-refractivity contribution in [1.82, 2.24) is 10.2 Å². The van der Waals surface area contributed by atoms with Crippen LogP contribution in [0.25, 0.3) is 0 Å². The third kappa shape index (κ3) is 7.19. The molecule has 38 heavy (non-hydrogen) atoms. The number of sulfonamides is 1. The van der Waals surface area contributed by atoms with E-state index in [1.807, 2.05) is 52.0 Å². The maximum atomic E-state index is 13.9. The SMILES string of the molecule is Cc1ccccc1CN(C(=O)CN(c1ccc(F)cc1)S(=O)(=O)c1ccccc1)[C@H](C)C(=O)NC(C)(C)C. The second-order valence-corrected chi connectivity index (χ2v) is 12.0. The van der Waals surface area contributed by atoms with Crippen molar-refractivity contribution in [2.45, 2.75) is 57.6 Å². The normalized spacial score (nSPS) is 12.5. The molecule has 7 nitrogen and oxygen atoms in total. The van der Waals surface area contributed by atoms with Crippen LogP contribution in [-0.4, -0.2) is 43.3 Å². The topological polar surface area (TPSA) is 86.8 Å². The summed E-state index contributed by atoms with van der Waals surface area (Å²) < 4.78 is 42.0. The lowest BCUT2D eigenvalue weighted by molar-refractivity contribution is -0.140. The van der Waals surface area contributed by atoms with Gasteiger partial charge in [-0.3, -0.25) is 13.9 Å². The number of rotatable bonds is 9. The molecule has 0 saturated carbocycles. The molecule has 0 aliphatic heterocycles. The predicted octanol–water partition coefficient (Wildman–Crippen LogP) is 4.66. The minimum Gasteiger partial charge on any atom is -0.350 e. The van der Waals surface area contributed by atoms with Crippen molar-refractivity contribution in [2.24, 2.45) is 0 Å². The van der Waals surface area contributed by atoms with Crippen molar-refractivity contribution >= 4 is 27.5 Å². The number of carbonyl (C=O) groups is 2. The van der Waals surface area contributed by atoms with Crippen LogP contribution in [0.3, 0.4) is 0 Å². The molecule has 3 rings (SSSR count). The van der Waals surface area contributed by atoms with Crippen LogP contribution >= 0.6 is 0 Å². The molecular weight excluding hydrogens is 505 g/mol. The highest BCUT2D eigenvalue weighted by atomic mass is 32.2. The number of hydrogen-bond donors (Lipinski definition) is 1. The number of aryl methyl sites for hydroxylation is 1. The Morgan fingerprint density at radius 3 is 2.08 bits per heavy atom. The van der Waals surface area contributed by atoms with Crippen LogP contribution in [0.15, 0.2) is 83.8 Å². The lowest BCUT2D eigenvalue weighted by Gasteiger charge is -2.33. The van der Waals surface area contributed by atoms with E-state index >= 15 is 0 Å². The summed E-state index contributed by atoms with van der Waals surface area (Å²) in [4.78, 5) is 28.3. The standard InChI is InChI=1S/C29H34FN3O4S/c1-21-11-9-10-12-23(21)19-32(22(2)28(35)31-29(3,4)5)27(34)20-33(25-17-15-24(30)16-18-25)38(36,37)26-13-7-6-8-14-26/h6-18,22H,19-20H2,1-5H3,(H,31,35)/t22-/m1/s1. The fourth-order valence-electron chi connectivity index (χ4n) is 3.88. The molecule has 2 amide bonds. The van der Waals surface area contributed by atoms with Gasteiger partial charge in [-0.05, 0) is 82.1 Å². The largest absolute Gasteiger partial charge is 0.350 e. The molecule has 0 aliphatic rings. The Balaban J connectivity index is 2.03. The molecule has 9 heteroatoms. The number of nitrogens with zero attached hydrogens (tertiary/aromatic N) is 2. The smallest absolute Gasteiger partial charge is 0.264 e. The van der Waals surface area contributed by atoms with Crippen molar-refractivity contribution in [1.29, 1.82) is 0 Å².